The smallest absolute Gasteiger partial charge is 0.144 e. The van der Waals surface area contributed by atoms with Crippen LogP contribution >= 0.6 is 0 Å². The SMILES string of the molecule is CCCOc1cccc(NCCCN(CC)CC)c1N. The van der Waals surface area contributed by atoms with E-state index in [4.69, 9.17) is 10.5 Å². The van der Waals surface area contributed by atoms with Gasteiger partial charge < -0.3 is 20.7 Å². The highest BCUT2D eigenvalue weighted by Gasteiger charge is 2.05. The van der Waals surface area contributed by atoms with Gasteiger partial charge in [-0.3, -0.25) is 0 Å². The van der Waals surface area contributed by atoms with Crippen molar-refractivity contribution in [2.45, 2.75) is 33.6 Å². The Bertz CT molecular complexity index is 378. The zero-order valence-electron chi connectivity index (χ0n) is 13.1. The summed E-state index contributed by atoms with van der Waals surface area (Å²) in [7, 11) is 0. The van der Waals surface area contributed by atoms with E-state index in [1.807, 2.05) is 18.2 Å². The number of rotatable bonds is 10. The van der Waals surface area contributed by atoms with Gasteiger partial charge in [0.25, 0.3) is 0 Å². The number of nitrogen functional groups attached to an aromatic ring is 1. The molecule has 0 amide bonds. The van der Waals surface area contributed by atoms with Crippen molar-refractivity contribution in [3.63, 3.8) is 0 Å². The van der Waals surface area contributed by atoms with Crippen LogP contribution in [-0.4, -0.2) is 37.7 Å². The van der Waals surface area contributed by atoms with Crippen molar-refractivity contribution in [3.05, 3.63) is 18.2 Å². The number of para-hydroxylation sites is 1. The molecular formula is C16H29N3O. The van der Waals surface area contributed by atoms with E-state index in [0.717, 1.165) is 50.5 Å². The monoisotopic (exact) mass is 279 g/mol. The second kappa shape index (κ2) is 9.48. The van der Waals surface area contributed by atoms with Crippen molar-refractivity contribution in [2.24, 2.45) is 0 Å². The third-order valence-corrected chi connectivity index (χ3v) is 3.39. The van der Waals surface area contributed by atoms with Crippen LogP contribution in [0.3, 0.4) is 0 Å². The third-order valence-electron chi connectivity index (χ3n) is 3.39. The Morgan fingerprint density at radius 2 is 1.95 bits per heavy atom. The minimum Gasteiger partial charge on any atom is -0.491 e. The van der Waals surface area contributed by atoms with E-state index in [9.17, 15) is 0 Å². The van der Waals surface area contributed by atoms with E-state index >= 15 is 0 Å². The molecule has 0 saturated heterocycles. The van der Waals surface area contributed by atoms with Gasteiger partial charge in [-0.05, 0) is 44.6 Å². The van der Waals surface area contributed by atoms with Crippen molar-refractivity contribution < 1.29 is 4.74 Å². The summed E-state index contributed by atoms with van der Waals surface area (Å²) in [4.78, 5) is 2.42. The highest BCUT2D eigenvalue weighted by atomic mass is 16.5. The first-order valence-electron chi connectivity index (χ1n) is 7.70. The fourth-order valence-corrected chi connectivity index (χ4v) is 2.10. The largest absolute Gasteiger partial charge is 0.491 e. The van der Waals surface area contributed by atoms with Gasteiger partial charge in [-0.2, -0.15) is 0 Å². The van der Waals surface area contributed by atoms with Gasteiger partial charge in [0.1, 0.15) is 5.75 Å². The van der Waals surface area contributed by atoms with E-state index in [2.05, 4.69) is 31.0 Å². The average Bonchev–Trinajstić information content (AvgIpc) is 2.47. The normalized spacial score (nSPS) is 10.8. The molecule has 0 aliphatic carbocycles. The van der Waals surface area contributed by atoms with Gasteiger partial charge in [0.15, 0.2) is 0 Å². The molecule has 20 heavy (non-hydrogen) atoms. The van der Waals surface area contributed by atoms with Crippen LogP contribution in [0.5, 0.6) is 5.75 Å². The molecule has 0 aromatic heterocycles. The first-order valence-corrected chi connectivity index (χ1v) is 7.70. The highest BCUT2D eigenvalue weighted by molar-refractivity contribution is 5.72. The summed E-state index contributed by atoms with van der Waals surface area (Å²) in [5, 5.41) is 3.40. The van der Waals surface area contributed by atoms with Crippen LogP contribution in [0.2, 0.25) is 0 Å². The Balaban J connectivity index is 2.43. The molecule has 0 saturated carbocycles. The van der Waals surface area contributed by atoms with E-state index in [1.54, 1.807) is 0 Å². The molecule has 0 fully saturated rings. The van der Waals surface area contributed by atoms with E-state index < -0.39 is 0 Å². The zero-order valence-corrected chi connectivity index (χ0v) is 13.1. The van der Waals surface area contributed by atoms with Crippen molar-refractivity contribution in [1.82, 2.24) is 4.90 Å². The Morgan fingerprint density at radius 1 is 1.20 bits per heavy atom. The van der Waals surface area contributed by atoms with E-state index in [0.29, 0.717) is 12.3 Å². The average molecular weight is 279 g/mol. The van der Waals surface area contributed by atoms with Crippen LogP contribution in [0.4, 0.5) is 11.4 Å². The van der Waals surface area contributed by atoms with Crippen LogP contribution < -0.4 is 15.8 Å². The molecule has 0 unspecified atom stereocenters. The summed E-state index contributed by atoms with van der Waals surface area (Å²) in [5.74, 6) is 0.778. The van der Waals surface area contributed by atoms with Gasteiger partial charge in [-0.15, -0.1) is 0 Å². The highest BCUT2D eigenvalue weighted by Crippen LogP contribution is 2.29. The van der Waals surface area contributed by atoms with Gasteiger partial charge in [0.05, 0.1) is 18.0 Å². The van der Waals surface area contributed by atoms with Gasteiger partial charge in [0.2, 0.25) is 0 Å². The summed E-state index contributed by atoms with van der Waals surface area (Å²) in [6, 6.07) is 5.91. The van der Waals surface area contributed by atoms with E-state index in [-0.39, 0.29) is 0 Å². The summed E-state index contributed by atoms with van der Waals surface area (Å²) < 4.78 is 5.63. The molecule has 3 N–H and O–H groups in total. The van der Waals surface area contributed by atoms with Gasteiger partial charge in [0, 0.05) is 6.54 Å². The molecule has 0 radical (unpaired) electrons. The summed E-state index contributed by atoms with van der Waals surface area (Å²) in [6.07, 6.45) is 2.10. The Labute approximate surface area is 123 Å². The van der Waals surface area contributed by atoms with Crippen LogP contribution in [0.25, 0.3) is 0 Å². The Morgan fingerprint density at radius 3 is 2.60 bits per heavy atom. The van der Waals surface area contributed by atoms with Crippen molar-refractivity contribution in [2.75, 3.05) is 43.8 Å². The minimum atomic E-state index is 0.704. The maximum Gasteiger partial charge on any atom is 0.144 e. The summed E-state index contributed by atoms with van der Waals surface area (Å²) >= 11 is 0. The lowest BCUT2D eigenvalue weighted by Gasteiger charge is -2.18. The number of nitrogens with zero attached hydrogens (tertiary/aromatic N) is 1. The second-order valence-corrected chi connectivity index (χ2v) is 4.87. The molecule has 0 atom stereocenters. The molecule has 0 heterocycles. The topological polar surface area (TPSA) is 50.5 Å². The fraction of sp³-hybridized carbons (Fsp3) is 0.625. The van der Waals surface area contributed by atoms with Crippen molar-refractivity contribution in [3.8, 4) is 5.75 Å². The third kappa shape index (κ3) is 5.29. The van der Waals surface area contributed by atoms with Gasteiger partial charge in [-0.25, -0.2) is 0 Å². The predicted octanol–water partition coefficient (Wildman–Crippen LogP) is 3.20. The molecule has 1 rings (SSSR count). The predicted molar refractivity (Wildman–Crippen MR) is 87.5 cm³/mol. The summed E-state index contributed by atoms with van der Waals surface area (Å²) in [5.41, 5.74) is 7.80. The van der Waals surface area contributed by atoms with Gasteiger partial charge in [-0.1, -0.05) is 26.8 Å². The van der Waals surface area contributed by atoms with Gasteiger partial charge >= 0.3 is 0 Å². The molecule has 0 aliphatic heterocycles. The van der Waals surface area contributed by atoms with Crippen LogP contribution in [0.15, 0.2) is 18.2 Å². The quantitative estimate of drug-likeness (QED) is 0.510. The number of hydrogen-bond acceptors (Lipinski definition) is 4. The molecule has 0 bridgehead atoms. The second-order valence-electron chi connectivity index (χ2n) is 4.87. The number of anilines is 2. The number of benzene rings is 1. The fourth-order valence-electron chi connectivity index (χ4n) is 2.10. The molecule has 114 valence electrons. The lowest BCUT2D eigenvalue weighted by atomic mass is 10.2. The molecule has 1 aromatic carbocycles. The van der Waals surface area contributed by atoms with E-state index in [1.165, 1.54) is 0 Å². The van der Waals surface area contributed by atoms with Crippen molar-refractivity contribution in [1.29, 1.82) is 0 Å². The number of ether oxygens (including phenoxy) is 1. The zero-order chi connectivity index (χ0) is 14.8. The maximum absolute atomic E-state index is 6.12. The molecule has 4 heteroatoms. The standard InChI is InChI=1S/C16H29N3O/c1-4-13-20-15-10-7-9-14(16(15)17)18-11-8-12-19(5-2)6-3/h7,9-10,18H,4-6,8,11-13,17H2,1-3H3. The molecule has 4 nitrogen and oxygen atoms in total. The molecule has 0 spiro atoms. The molecule has 1 aromatic rings. The first-order chi connectivity index (χ1) is 9.72. The number of hydrogen-bond donors (Lipinski definition) is 2. The summed E-state index contributed by atoms with van der Waals surface area (Å²) in [6.45, 7) is 11.5. The first kappa shape index (κ1) is 16.6. The number of nitrogens with one attached hydrogen (secondary N) is 1. The Kier molecular flexibility index (Phi) is 7.88. The molecule has 0 aliphatic rings. The number of nitrogens with two attached hydrogens (primary N) is 1. The van der Waals surface area contributed by atoms with Crippen LogP contribution in [-0.2, 0) is 0 Å². The maximum atomic E-state index is 6.12. The van der Waals surface area contributed by atoms with Crippen LogP contribution in [0, 0.1) is 0 Å². The molecular weight excluding hydrogens is 250 g/mol. The lowest BCUT2D eigenvalue weighted by molar-refractivity contribution is 0.303. The van der Waals surface area contributed by atoms with Crippen molar-refractivity contribution >= 4 is 11.4 Å². The minimum absolute atomic E-state index is 0.704. The van der Waals surface area contributed by atoms with Crippen LogP contribution in [0.1, 0.15) is 33.6 Å². The Hall–Kier alpha value is -1.42. The lowest BCUT2D eigenvalue weighted by Crippen LogP contribution is -2.25.